The van der Waals surface area contributed by atoms with E-state index in [1.807, 2.05) is 49.4 Å². The highest BCUT2D eigenvalue weighted by Crippen LogP contribution is 2.25. The lowest BCUT2D eigenvalue weighted by Gasteiger charge is -2.19. The Morgan fingerprint density at radius 1 is 1.08 bits per heavy atom. The van der Waals surface area contributed by atoms with Gasteiger partial charge in [-0.3, -0.25) is 14.6 Å². The normalized spacial score (nSPS) is 10.6. The summed E-state index contributed by atoms with van der Waals surface area (Å²) in [4.78, 5) is 30.7. The van der Waals surface area contributed by atoms with Crippen LogP contribution in [0.4, 0.5) is 5.69 Å². The number of nitrogens with zero attached hydrogens (tertiary/aromatic N) is 2. The Hall–Kier alpha value is -3.21. The number of hydrogen-bond acceptors (Lipinski definition) is 3. The average molecular weight is 347 g/mol. The summed E-state index contributed by atoms with van der Waals surface area (Å²) >= 11 is 0. The van der Waals surface area contributed by atoms with Gasteiger partial charge in [0.25, 0.3) is 5.91 Å². The van der Waals surface area contributed by atoms with E-state index in [9.17, 15) is 9.59 Å². The van der Waals surface area contributed by atoms with Crippen molar-refractivity contribution in [1.29, 1.82) is 0 Å². The Bertz CT molecular complexity index is 968. The van der Waals surface area contributed by atoms with Crippen LogP contribution in [0.5, 0.6) is 0 Å². The van der Waals surface area contributed by atoms with Gasteiger partial charge in [0.15, 0.2) is 0 Å². The summed E-state index contributed by atoms with van der Waals surface area (Å²) in [5, 5.41) is 3.52. The van der Waals surface area contributed by atoms with Crippen molar-refractivity contribution in [1.82, 2.24) is 9.88 Å². The average Bonchev–Trinajstić information content (AvgIpc) is 2.60. The molecule has 1 heterocycles. The zero-order valence-electron chi connectivity index (χ0n) is 15.1. The molecule has 0 radical (unpaired) electrons. The molecule has 0 atom stereocenters. The van der Waals surface area contributed by atoms with Crippen LogP contribution in [0.3, 0.4) is 0 Å². The third-order valence-corrected chi connectivity index (χ3v) is 4.11. The number of aryl methyl sites for hydroxylation is 1. The molecule has 0 unspecified atom stereocenters. The lowest BCUT2D eigenvalue weighted by atomic mass is 10.0. The van der Waals surface area contributed by atoms with E-state index < -0.39 is 0 Å². The second kappa shape index (κ2) is 7.35. The van der Waals surface area contributed by atoms with E-state index in [-0.39, 0.29) is 11.8 Å². The molecule has 0 aliphatic carbocycles. The molecule has 26 heavy (non-hydrogen) atoms. The molecule has 5 nitrogen and oxygen atoms in total. The minimum atomic E-state index is -0.187. The molecule has 2 aromatic carbocycles. The van der Waals surface area contributed by atoms with Crippen molar-refractivity contribution in [2.45, 2.75) is 20.4 Å². The molecule has 0 saturated heterocycles. The lowest BCUT2D eigenvalue weighted by Crippen LogP contribution is -2.26. The Morgan fingerprint density at radius 2 is 1.81 bits per heavy atom. The Morgan fingerprint density at radius 3 is 2.50 bits per heavy atom. The van der Waals surface area contributed by atoms with Crippen molar-refractivity contribution < 1.29 is 9.59 Å². The number of rotatable bonds is 4. The maximum atomic E-state index is 13.1. The summed E-state index contributed by atoms with van der Waals surface area (Å²) in [5.74, 6) is -0.301. The van der Waals surface area contributed by atoms with Crippen LogP contribution in [0.25, 0.3) is 10.9 Å². The van der Waals surface area contributed by atoms with E-state index >= 15 is 0 Å². The summed E-state index contributed by atoms with van der Waals surface area (Å²) in [7, 11) is 1.77. The highest BCUT2D eigenvalue weighted by Gasteiger charge is 2.17. The van der Waals surface area contributed by atoms with E-state index in [1.54, 1.807) is 24.1 Å². The van der Waals surface area contributed by atoms with Crippen LogP contribution in [-0.4, -0.2) is 28.7 Å². The molecule has 0 aliphatic rings. The fourth-order valence-electron chi connectivity index (χ4n) is 2.92. The van der Waals surface area contributed by atoms with Gasteiger partial charge in [0, 0.05) is 37.3 Å². The number of benzene rings is 2. The summed E-state index contributed by atoms with van der Waals surface area (Å²) < 4.78 is 0. The first-order valence-electron chi connectivity index (χ1n) is 8.42. The Balaban J connectivity index is 2.01. The molecule has 0 bridgehead atoms. The number of nitrogens with one attached hydrogen (secondary N) is 1. The number of carbonyl (C=O) groups is 2. The van der Waals surface area contributed by atoms with Crippen molar-refractivity contribution in [3.8, 4) is 0 Å². The maximum absolute atomic E-state index is 13.1. The van der Waals surface area contributed by atoms with Gasteiger partial charge in [-0.2, -0.15) is 0 Å². The largest absolute Gasteiger partial charge is 0.337 e. The molecule has 132 valence electrons. The number of carbonyl (C=O) groups excluding carboxylic acids is 2. The Kier molecular flexibility index (Phi) is 4.98. The van der Waals surface area contributed by atoms with Crippen molar-refractivity contribution >= 4 is 28.4 Å². The number of amides is 2. The van der Waals surface area contributed by atoms with Gasteiger partial charge in [0.1, 0.15) is 0 Å². The molecule has 3 rings (SSSR count). The molecular weight excluding hydrogens is 326 g/mol. The first kappa shape index (κ1) is 17.6. The van der Waals surface area contributed by atoms with Crippen molar-refractivity contribution in [2.75, 3.05) is 12.4 Å². The fourth-order valence-corrected chi connectivity index (χ4v) is 2.92. The summed E-state index contributed by atoms with van der Waals surface area (Å²) in [6.07, 6.45) is 0. The van der Waals surface area contributed by atoms with Crippen molar-refractivity contribution in [2.24, 2.45) is 0 Å². The monoisotopic (exact) mass is 347 g/mol. The molecule has 0 fully saturated rings. The molecule has 3 aromatic rings. The maximum Gasteiger partial charge on any atom is 0.254 e. The topological polar surface area (TPSA) is 62.3 Å². The standard InChI is InChI=1S/C21H21N3O2/c1-14-9-10-18-19(11-17(23-15(2)25)12-20(18)22-14)21(26)24(3)13-16-7-5-4-6-8-16/h4-12H,13H2,1-3H3,(H,23,25). The fraction of sp³-hybridized carbons (Fsp3) is 0.190. The highest BCUT2D eigenvalue weighted by molar-refractivity contribution is 6.08. The van der Waals surface area contributed by atoms with Crippen LogP contribution in [0.2, 0.25) is 0 Å². The van der Waals surface area contributed by atoms with Crippen LogP contribution < -0.4 is 5.32 Å². The smallest absolute Gasteiger partial charge is 0.254 e. The molecule has 0 aliphatic heterocycles. The van der Waals surface area contributed by atoms with Gasteiger partial charge in [-0.1, -0.05) is 36.4 Å². The lowest BCUT2D eigenvalue weighted by molar-refractivity contribution is -0.114. The van der Waals surface area contributed by atoms with Crippen LogP contribution in [-0.2, 0) is 11.3 Å². The van der Waals surface area contributed by atoms with Crippen molar-refractivity contribution in [3.63, 3.8) is 0 Å². The van der Waals surface area contributed by atoms with Crippen LogP contribution in [0.15, 0.2) is 54.6 Å². The molecule has 2 amide bonds. The zero-order chi connectivity index (χ0) is 18.7. The summed E-state index contributed by atoms with van der Waals surface area (Å²) in [6.45, 7) is 3.84. The number of aromatic nitrogens is 1. The van der Waals surface area contributed by atoms with Gasteiger partial charge in [-0.05, 0) is 30.7 Å². The SMILES string of the molecule is CC(=O)Nc1cc(C(=O)N(C)Cc2ccccc2)c2ccc(C)nc2c1. The number of pyridine rings is 1. The molecule has 0 saturated carbocycles. The predicted molar refractivity (Wildman–Crippen MR) is 103 cm³/mol. The van der Waals surface area contributed by atoms with Crippen LogP contribution in [0, 0.1) is 6.92 Å². The third-order valence-electron chi connectivity index (χ3n) is 4.11. The second-order valence-corrected chi connectivity index (χ2v) is 6.37. The quantitative estimate of drug-likeness (QED) is 0.781. The molecular formula is C21H21N3O2. The van der Waals surface area contributed by atoms with Gasteiger partial charge < -0.3 is 10.2 Å². The van der Waals surface area contributed by atoms with Crippen LogP contribution >= 0.6 is 0 Å². The minimum Gasteiger partial charge on any atom is -0.337 e. The Labute approximate surface area is 152 Å². The summed E-state index contributed by atoms with van der Waals surface area (Å²) in [5.41, 5.74) is 3.69. The van der Waals surface area contributed by atoms with Gasteiger partial charge in [0.2, 0.25) is 5.91 Å². The number of anilines is 1. The van der Waals surface area contributed by atoms with Gasteiger partial charge in [0.05, 0.1) is 11.1 Å². The predicted octanol–water partition coefficient (Wildman–Crippen LogP) is 3.77. The molecule has 5 heteroatoms. The summed E-state index contributed by atoms with van der Waals surface area (Å²) in [6, 6.07) is 17.1. The highest BCUT2D eigenvalue weighted by atomic mass is 16.2. The first-order chi connectivity index (χ1) is 12.4. The minimum absolute atomic E-state index is 0.114. The molecule has 1 aromatic heterocycles. The van der Waals surface area contributed by atoms with E-state index in [0.29, 0.717) is 23.3 Å². The first-order valence-corrected chi connectivity index (χ1v) is 8.42. The van der Waals surface area contributed by atoms with Gasteiger partial charge in [-0.15, -0.1) is 0 Å². The van der Waals surface area contributed by atoms with Crippen LogP contribution in [0.1, 0.15) is 28.5 Å². The van der Waals surface area contributed by atoms with E-state index in [1.165, 1.54) is 6.92 Å². The molecule has 0 spiro atoms. The van der Waals surface area contributed by atoms with E-state index in [0.717, 1.165) is 16.6 Å². The van der Waals surface area contributed by atoms with E-state index in [2.05, 4.69) is 10.3 Å². The van der Waals surface area contributed by atoms with Gasteiger partial charge >= 0.3 is 0 Å². The third kappa shape index (κ3) is 3.88. The number of hydrogen-bond donors (Lipinski definition) is 1. The second-order valence-electron chi connectivity index (χ2n) is 6.37. The zero-order valence-corrected chi connectivity index (χ0v) is 15.1. The van der Waals surface area contributed by atoms with Gasteiger partial charge in [-0.25, -0.2) is 0 Å². The van der Waals surface area contributed by atoms with E-state index in [4.69, 9.17) is 0 Å². The molecule has 1 N–H and O–H groups in total. The van der Waals surface area contributed by atoms with Crippen molar-refractivity contribution in [3.05, 3.63) is 71.4 Å². The number of fused-ring (bicyclic) bond motifs is 1.